The molecule has 0 bridgehead atoms. The molecule has 1 aromatic rings. The highest BCUT2D eigenvalue weighted by Gasteiger charge is 2.22. The molecule has 0 amide bonds. The standard InChI is InChI=1S/C12H17NO3S/c13-11-5-1-2-6-12(11)17(14,15)9-7-10-4-3-8-16-10/h1-2,5-6,10H,3-4,7-9,13H2. The summed E-state index contributed by atoms with van der Waals surface area (Å²) in [6.07, 6.45) is 2.63. The number of anilines is 1. The predicted molar refractivity (Wildman–Crippen MR) is 66.5 cm³/mol. The average molecular weight is 255 g/mol. The molecule has 2 rings (SSSR count). The summed E-state index contributed by atoms with van der Waals surface area (Å²) >= 11 is 0. The lowest BCUT2D eigenvalue weighted by molar-refractivity contribution is 0.109. The van der Waals surface area contributed by atoms with Crippen LogP contribution in [0.4, 0.5) is 5.69 Å². The van der Waals surface area contributed by atoms with Crippen molar-refractivity contribution in [3.05, 3.63) is 24.3 Å². The Morgan fingerprint density at radius 3 is 2.76 bits per heavy atom. The molecule has 0 saturated carbocycles. The number of nitrogen functional groups attached to an aromatic ring is 1. The number of ether oxygens (including phenoxy) is 1. The number of nitrogens with two attached hydrogens (primary N) is 1. The van der Waals surface area contributed by atoms with Gasteiger partial charge in [-0.1, -0.05) is 12.1 Å². The first-order valence-corrected chi connectivity index (χ1v) is 7.44. The van der Waals surface area contributed by atoms with E-state index in [4.69, 9.17) is 10.5 Å². The maximum atomic E-state index is 12.1. The number of sulfone groups is 1. The number of hydrogen-bond acceptors (Lipinski definition) is 4. The summed E-state index contributed by atoms with van der Waals surface area (Å²) in [5.74, 6) is 0.103. The van der Waals surface area contributed by atoms with Crippen LogP contribution in [0.1, 0.15) is 19.3 Å². The molecule has 1 saturated heterocycles. The van der Waals surface area contributed by atoms with Gasteiger partial charge in [-0.25, -0.2) is 8.42 Å². The van der Waals surface area contributed by atoms with E-state index < -0.39 is 9.84 Å². The lowest BCUT2D eigenvalue weighted by Crippen LogP contribution is -2.15. The molecule has 4 nitrogen and oxygen atoms in total. The summed E-state index contributed by atoms with van der Waals surface area (Å²) < 4.78 is 29.6. The maximum absolute atomic E-state index is 12.1. The second-order valence-electron chi connectivity index (χ2n) is 4.28. The van der Waals surface area contributed by atoms with Crippen molar-refractivity contribution in [2.45, 2.75) is 30.3 Å². The Hall–Kier alpha value is -1.07. The summed E-state index contributed by atoms with van der Waals surface area (Å²) in [7, 11) is -3.28. The molecule has 1 heterocycles. The molecule has 1 unspecified atom stereocenters. The van der Waals surface area contributed by atoms with Crippen molar-refractivity contribution >= 4 is 15.5 Å². The summed E-state index contributed by atoms with van der Waals surface area (Å²) in [5, 5.41) is 0. The minimum Gasteiger partial charge on any atom is -0.398 e. The Labute approximate surface area is 102 Å². The lowest BCUT2D eigenvalue weighted by atomic mass is 10.2. The number of hydrogen-bond donors (Lipinski definition) is 1. The Balaban J connectivity index is 2.06. The average Bonchev–Trinajstić information content (AvgIpc) is 2.80. The third-order valence-corrected chi connectivity index (χ3v) is 4.80. The van der Waals surface area contributed by atoms with Gasteiger partial charge in [-0.2, -0.15) is 0 Å². The molecule has 17 heavy (non-hydrogen) atoms. The molecule has 1 aliphatic rings. The molecule has 0 aliphatic carbocycles. The molecular formula is C12H17NO3S. The first-order chi connectivity index (χ1) is 8.09. The van der Waals surface area contributed by atoms with Crippen LogP contribution in [-0.2, 0) is 14.6 Å². The van der Waals surface area contributed by atoms with Crippen LogP contribution < -0.4 is 5.73 Å². The Kier molecular flexibility index (Phi) is 3.69. The topological polar surface area (TPSA) is 69.4 Å². The molecule has 1 atom stereocenters. The summed E-state index contributed by atoms with van der Waals surface area (Å²) in [6.45, 7) is 0.748. The number of para-hydroxylation sites is 1. The Morgan fingerprint density at radius 2 is 2.12 bits per heavy atom. The molecule has 5 heteroatoms. The fraction of sp³-hybridized carbons (Fsp3) is 0.500. The molecule has 1 aliphatic heterocycles. The van der Waals surface area contributed by atoms with Crippen LogP contribution in [0, 0.1) is 0 Å². The van der Waals surface area contributed by atoms with Gasteiger partial charge in [0.25, 0.3) is 0 Å². The van der Waals surface area contributed by atoms with Crippen LogP contribution in [0.2, 0.25) is 0 Å². The highest BCUT2D eigenvalue weighted by molar-refractivity contribution is 7.91. The molecule has 2 N–H and O–H groups in total. The van der Waals surface area contributed by atoms with E-state index in [1.165, 1.54) is 0 Å². The van der Waals surface area contributed by atoms with Crippen molar-refractivity contribution < 1.29 is 13.2 Å². The summed E-state index contributed by atoms with van der Waals surface area (Å²) in [5.41, 5.74) is 6.00. The largest absolute Gasteiger partial charge is 0.398 e. The molecule has 1 aromatic carbocycles. The lowest BCUT2D eigenvalue weighted by Gasteiger charge is -2.10. The van der Waals surface area contributed by atoms with Crippen LogP contribution in [0.25, 0.3) is 0 Å². The van der Waals surface area contributed by atoms with Gasteiger partial charge in [0.2, 0.25) is 0 Å². The third-order valence-electron chi connectivity index (χ3n) is 2.99. The zero-order valence-electron chi connectivity index (χ0n) is 9.63. The van der Waals surface area contributed by atoms with Crippen LogP contribution in [0.15, 0.2) is 29.2 Å². The zero-order chi connectivity index (χ0) is 12.3. The number of benzene rings is 1. The van der Waals surface area contributed by atoms with Gasteiger partial charge in [0.15, 0.2) is 9.84 Å². The fourth-order valence-corrected chi connectivity index (χ4v) is 3.54. The van der Waals surface area contributed by atoms with Gasteiger partial charge < -0.3 is 10.5 Å². The van der Waals surface area contributed by atoms with Crippen molar-refractivity contribution in [3.63, 3.8) is 0 Å². The first kappa shape index (κ1) is 12.4. The Bertz CT molecular complexity index is 478. The zero-order valence-corrected chi connectivity index (χ0v) is 10.4. The van der Waals surface area contributed by atoms with Gasteiger partial charge in [-0.3, -0.25) is 0 Å². The van der Waals surface area contributed by atoms with E-state index >= 15 is 0 Å². The predicted octanol–water partition coefficient (Wildman–Crippen LogP) is 1.61. The van der Waals surface area contributed by atoms with Gasteiger partial charge in [0, 0.05) is 6.61 Å². The molecule has 0 radical (unpaired) electrons. The van der Waals surface area contributed by atoms with Crippen LogP contribution in [-0.4, -0.2) is 26.9 Å². The second-order valence-corrected chi connectivity index (χ2v) is 6.36. The molecule has 94 valence electrons. The molecule has 1 fully saturated rings. The van der Waals surface area contributed by atoms with Gasteiger partial charge >= 0.3 is 0 Å². The van der Waals surface area contributed by atoms with Crippen molar-refractivity contribution in [2.24, 2.45) is 0 Å². The third kappa shape index (κ3) is 2.98. The van der Waals surface area contributed by atoms with Gasteiger partial charge in [0.05, 0.1) is 22.4 Å². The van der Waals surface area contributed by atoms with Crippen molar-refractivity contribution in [1.82, 2.24) is 0 Å². The van der Waals surface area contributed by atoms with Crippen molar-refractivity contribution in [1.29, 1.82) is 0 Å². The van der Waals surface area contributed by atoms with E-state index in [2.05, 4.69) is 0 Å². The van der Waals surface area contributed by atoms with Crippen molar-refractivity contribution in [2.75, 3.05) is 18.1 Å². The fourth-order valence-electron chi connectivity index (χ4n) is 2.03. The van der Waals surface area contributed by atoms with E-state index in [0.717, 1.165) is 19.4 Å². The summed E-state index contributed by atoms with van der Waals surface area (Å²) in [4.78, 5) is 0.234. The monoisotopic (exact) mass is 255 g/mol. The quantitative estimate of drug-likeness (QED) is 0.830. The van der Waals surface area contributed by atoms with Gasteiger partial charge in [0.1, 0.15) is 0 Å². The van der Waals surface area contributed by atoms with E-state index in [-0.39, 0.29) is 16.8 Å². The highest BCUT2D eigenvalue weighted by atomic mass is 32.2. The van der Waals surface area contributed by atoms with Gasteiger partial charge in [-0.05, 0) is 31.4 Å². The second kappa shape index (κ2) is 5.06. The normalized spacial score (nSPS) is 20.6. The van der Waals surface area contributed by atoms with Gasteiger partial charge in [-0.15, -0.1) is 0 Å². The van der Waals surface area contributed by atoms with Crippen LogP contribution >= 0.6 is 0 Å². The smallest absolute Gasteiger partial charge is 0.180 e. The minimum absolute atomic E-state index is 0.0923. The van der Waals surface area contributed by atoms with E-state index in [0.29, 0.717) is 12.1 Å². The van der Waals surface area contributed by atoms with E-state index in [1.807, 2.05) is 0 Å². The first-order valence-electron chi connectivity index (χ1n) is 5.78. The van der Waals surface area contributed by atoms with E-state index in [9.17, 15) is 8.42 Å². The minimum atomic E-state index is -3.28. The highest BCUT2D eigenvalue weighted by Crippen LogP contribution is 2.22. The SMILES string of the molecule is Nc1ccccc1S(=O)(=O)CCC1CCCO1. The van der Waals surface area contributed by atoms with Crippen LogP contribution in [0.5, 0.6) is 0 Å². The molecule has 0 aromatic heterocycles. The molecule has 0 spiro atoms. The van der Waals surface area contributed by atoms with Crippen LogP contribution in [0.3, 0.4) is 0 Å². The molecular weight excluding hydrogens is 238 g/mol. The Morgan fingerprint density at radius 1 is 1.35 bits per heavy atom. The van der Waals surface area contributed by atoms with E-state index in [1.54, 1.807) is 24.3 Å². The van der Waals surface area contributed by atoms with Crippen molar-refractivity contribution in [3.8, 4) is 0 Å². The summed E-state index contributed by atoms with van der Waals surface area (Å²) in [6, 6.07) is 6.59. The maximum Gasteiger partial charge on any atom is 0.180 e. The number of rotatable bonds is 4.